The van der Waals surface area contributed by atoms with E-state index in [1.807, 2.05) is 25.2 Å². The van der Waals surface area contributed by atoms with Crippen molar-refractivity contribution < 1.29 is 17.9 Å². The van der Waals surface area contributed by atoms with E-state index in [9.17, 15) is 18.0 Å². The van der Waals surface area contributed by atoms with E-state index < -0.39 is 11.9 Å². The zero-order chi connectivity index (χ0) is 22.6. The van der Waals surface area contributed by atoms with Crippen LogP contribution in [0.4, 0.5) is 13.2 Å². The fourth-order valence-corrected chi connectivity index (χ4v) is 3.75. The minimum Gasteiger partial charge on any atom is -0.487 e. The third-order valence-corrected chi connectivity index (χ3v) is 5.66. The van der Waals surface area contributed by atoms with Gasteiger partial charge in [0.1, 0.15) is 18.2 Å². The monoisotopic (exact) mass is 443 g/mol. The van der Waals surface area contributed by atoms with E-state index in [-0.39, 0.29) is 23.6 Å². The summed E-state index contributed by atoms with van der Waals surface area (Å²) in [6.45, 7) is -0.145. The maximum atomic E-state index is 12.8. The van der Waals surface area contributed by atoms with Gasteiger partial charge < -0.3 is 9.30 Å². The summed E-state index contributed by atoms with van der Waals surface area (Å²) in [6.07, 6.45) is -0.630. The van der Waals surface area contributed by atoms with Gasteiger partial charge in [-0.25, -0.2) is 4.98 Å². The molecule has 10 heteroatoms. The van der Waals surface area contributed by atoms with Gasteiger partial charge in [0.15, 0.2) is 5.69 Å². The van der Waals surface area contributed by atoms with Gasteiger partial charge in [0, 0.05) is 32.3 Å². The molecule has 0 amide bonds. The Kier molecular flexibility index (Phi) is 4.61. The summed E-state index contributed by atoms with van der Waals surface area (Å²) >= 11 is 0. The number of hydrogen-bond donors (Lipinski definition) is 0. The smallest absolute Gasteiger partial charge is 0.435 e. The molecule has 5 rings (SSSR count). The minimum atomic E-state index is -4.52. The summed E-state index contributed by atoms with van der Waals surface area (Å²) in [5.41, 5.74) is 1.49. The molecule has 0 atom stereocenters. The van der Waals surface area contributed by atoms with E-state index in [0.717, 1.165) is 40.4 Å². The Labute approximate surface area is 180 Å². The van der Waals surface area contributed by atoms with Gasteiger partial charge in [-0.2, -0.15) is 18.3 Å². The first kappa shape index (κ1) is 20.3. The highest BCUT2D eigenvalue weighted by Gasteiger charge is 2.34. The van der Waals surface area contributed by atoms with Gasteiger partial charge in [-0.05, 0) is 43.2 Å². The van der Waals surface area contributed by atoms with Crippen LogP contribution in [0.5, 0.6) is 5.75 Å². The standard InChI is InChI=1S/C22H20F3N5O2/c1-28-18-9-14(5-6-17(18)26-21(28)13-3-4-13)30-8-7-16(11-20(30)31)32-12-15-10-19(22(23,24)25)27-29(15)2/h5-11,13H,3-4,12H2,1-2H3. The summed E-state index contributed by atoms with van der Waals surface area (Å²) in [5, 5.41) is 3.45. The van der Waals surface area contributed by atoms with Crippen molar-refractivity contribution in [1.29, 1.82) is 0 Å². The van der Waals surface area contributed by atoms with Crippen LogP contribution in [0.2, 0.25) is 0 Å². The van der Waals surface area contributed by atoms with Crippen molar-refractivity contribution in [3.63, 3.8) is 0 Å². The Balaban J connectivity index is 1.37. The summed E-state index contributed by atoms with van der Waals surface area (Å²) in [7, 11) is 3.39. The van der Waals surface area contributed by atoms with Crippen molar-refractivity contribution in [2.45, 2.75) is 31.5 Å². The molecule has 1 saturated carbocycles. The topological polar surface area (TPSA) is 66.9 Å². The zero-order valence-corrected chi connectivity index (χ0v) is 17.4. The number of aromatic nitrogens is 5. The summed E-state index contributed by atoms with van der Waals surface area (Å²) in [4.78, 5) is 17.4. The van der Waals surface area contributed by atoms with Crippen LogP contribution in [0.3, 0.4) is 0 Å². The van der Waals surface area contributed by atoms with Crippen LogP contribution in [-0.4, -0.2) is 23.9 Å². The Morgan fingerprint density at radius 1 is 1.12 bits per heavy atom. The van der Waals surface area contributed by atoms with Gasteiger partial charge in [0.05, 0.1) is 22.4 Å². The molecule has 0 unspecified atom stereocenters. The first-order valence-electron chi connectivity index (χ1n) is 10.1. The maximum absolute atomic E-state index is 12.8. The highest BCUT2D eigenvalue weighted by molar-refractivity contribution is 5.78. The van der Waals surface area contributed by atoms with Crippen LogP contribution in [0.15, 0.2) is 47.4 Å². The number of imidazole rings is 1. The molecule has 1 fully saturated rings. The Hall–Kier alpha value is -3.56. The largest absolute Gasteiger partial charge is 0.487 e. The van der Waals surface area contributed by atoms with Crippen molar-refractivity contribution in [3.8, 4) is 11.4 Å². The average molecular weight is 443 g/mol. The van der Waals surface area contributed by atoms with Crippen molar-refractivity contribution >= 4 is 11.0 Å². The number of hydrogen-bond acceptors (Lipinski definition) is 4. The molecule has 166 valence electrons. The molecule has 7 nitrogen and oxygen atoms in total. The lowest BCUT2D eigenvalue weighted by Crippen LogP contribution is -2.17. The lowest BCUT2D eigenvalue weighted by atomic mass is 10.2. The third kappa shape index (κ3) is 3.65. The second-order valence-corrected chi connectivity index (χ2v) is 7.98. The number of alkyl halides is 3. The molecule has 1 aromatic carbocycles. The number of nitrogens with zero attached hydrogens (tertiary/aromatic N) is 5. The average Bonchev–Trinajstić information content (AvgIpc) is 3.43. The minimum absolute atomic E-state index is 0.145. The first-order chi connectivity index (χ1) is 15.2. The molecular weight excluding hydrogens is 423 g/mol. The molecule has 0 bridgehead atoms. The molecule has 0 saturated heterocycles. The molecule has 0 spiro atoms. The molecule has 1 aliphatic rings. The van der Waals surface area contributed by atoms with Crippen LogP contribution in [0.25, 0.3) is 16.7 Å². The van der Waals surface area contributed by atoms with Crippen molar-refractivity contribution in [1.82, 2.24) is 23.9 Å². The van der Waals surface area contributed by atoms with Crippen LogP contribution in [-0.2, 0) is 26.9 Å². The second-order valence-electron chi connectivity index (χ2n) is 7.98. The van der Waals surface area contributed by atoms with Crippen LogP contribution in [0, 0.1) is 0 Å². The van der Waals surface area contributed by atoms with Crippen molar-refractivity contribution in [3.05, 3.63) is 70.2 Å². The summed E-state index contributed by atoms with van der Waals surface area (Å²) in [6, 6.07) is 9.50. The highest BCUT2D eigenvalue weighted by atomic mass is 19.4. The van der Waals surface area contributed by atoms with E-state index in [1.165, 1.54) is 17.7 Å². The van der Waals surface area contributed by atoms with E-state index in [2.05, 4.69) is 9.67 Å². The van der Waals surface area contributed by atoms with Crippen molar-refractivity contribution in [2.24, 2.45) is 14.1 Å². The van der Waals surface area contributed by atoms with E-state index in [4.69, 9.17) is 9.72 Å². The summed E-state index contributed by atoms with van der Waals surface area (Å²) in [5.74, 6) is 1.84. The van der Waals surface area contributed by atoms with Gasteiger partial charge in [0.25, 0.3) is 5.56 Å². The SMILES string of the molecule is Cn1nc(C(F)(F)F)cc1COc1ccn(-c2ccc3nc(C4CC4)n(C)c3c2)c(=O)c1. The number of fused-ring (bicyclic) bond motifs is 1. The lowest BCUT2D eigenvalue weighted by Gasteiger charge is -2.09. The Bertz CT molecular complexity index is 1380. The molecule has 0 aliphatic heterocycles. The van der Waals surface area contributed by atoms with Gasteiger partial charge >= 0.3 is 6.18 Å². The number of aryl methyl sites for hydroxylation is 2. The number of halogens is 3. The van der Waals surface area contributed by atoms with E-state index in [1.54, 1.807) is 12.3 Å². The summed E-state index contributed by atoms with van der Waals surface area (Å²) < 4.78 is 48.6. The quantitative estimate of drug-likeness (QED) is 0.469. The number of ether oxygens (including phenoxy) is 1. The van der Waals surface area contributed by atoms with E-state index >= 15 is 0 Å². The molecule has 0 N–H and O–H groups in total. The molecule has 0 radical (unpaired) electrons. The second kappa shape index (κ2) is 7.25. The van der Waals surface area contributed by atoms with Gasteiger partial charge in [-0.3, -0.25) is 14.0 Å². The molecule has 3 heterocycles. The zero-order valence-electron chi connectivity index (χ0n) is 17.4. The van der Waals surface area contributed by atoms with Crippen LogP contribution in [0.1, 0.15) is 36.0 Å². The number of pyridine rings is 1. The van der Waals surface area contributed by atoms with Crippen molar-refractivity contribution in [2.75, 3.05) is 0 Å². The predicted molar refractivity (Wildman–Crippen MR) is 111 cm³/mol. The molecular formula is C22H20F3N5O2. The lowest BCUT2D eigenvalue weighted by molar-refractivity contribution is -0.141. The number of rotatable bonds is 5. The van der Waals surface area contributed by atoms with E-state index in [0.29, 0.717) is 11.6 Å². The normalized spacial score (nSPS) is 14.3. The third-order valence-electron chi connectivity index (χ3n) is 5.66. The molecule has 4 aromatic rings. The van der Waals surface area contributed by atoms with Gasteiger partial charge in [0.2, 0.25) is 0 Å². The predicted octanol–water partition coefficient (Wildman–Crippen LogP) is 3.93. The Morgan fingerprint density at radius 3 is 2.56 bits per heavy atom. The highest BCUT2D eigenvalue weighted by Crippen LogP contribution is 2.40. The van der Waals surface area contributed by atoms with Crippen LogP contribution >= 0.6 is 0 Å². The maximum Gasteiger partial charge on any atom is 0.435 e. The molecule has 1 aliphatic carbocycles. The number of benzene rings is 1. The van der Waals surface area contributed by atoms with Gasteiger partial charge in [-0.1, -0.05) is 0 Å². The first-order valence-corrected chi connectivity index (χ1v) is 10.1. The Morgan fingerprint density at radius 2 is 1.91 bits per heavy atom. The molecule has 3 aromatic heterocycles. The van der Waals surface area contributed by atoms with Gasteiger partial charge in [-0.15, -0.1) is 0 Å². The molecule has 32 heavy (non-hydrogen) atoms. The van der Waals surface area contributed by atoms with Crippen LogP contribution < -0.4 is 10.3 Å². The fourth-order valence-electron chi connectivity index (χ4n) is 3.75. The fraction of sp³-hybridized carbons (Fsp3) is 0.318.